The van der Waals surface area contributed by atoms with Crippen molar-refractivity contribution in [2.75, 3.05) is 25.4 Å². The SMILES string of the molecule is C[C@@H](NC(=O)N1CCC2(C1)OCCn1nc(-c3cnc(N)c(OC(F)(F)F)c3)cc12)c1ccc(F)cc1. The Morgan fingerprint density at radius 1 is 1.24 bits per heavy atom. The molecule has 5 rings (SSSR count). The van der Waals surface area contributed by atoms with Crippen LogP contribution in [0.25, 0.3) is 11.3 Å². The summed E-state index contributed by atoms with van der Waals surface area (Å²) in [5.74, 6) is -1.36. The molecular weight excluding hydrogens is 496 g/mol. The Bertz CT molecular complexity index is 1310. The maximum atomic E-state index is 13.2. The fourth-order valence-corrected chi connectivity index (χ4v) is 4.69. The van der Waals surface area contributed by atoms with E-state index in [-0.39, 0.29) is 24.4 Å². The molecule has 13 heteroatoms. The lowest BCUT2D eigenvalue weighted by molar-refractivity contribution is -0.274. The van der Waals surface area contributed by atoms with Crippen molar-refractivity contribution in [2.24, 2.45) is 0 Å². The summed E-state index contributed by atoms with van der Waals surface area (Å²) in [6, 6.07) is 8.17. The number of benzene rings is 1. The number of alkyl halides is 3. The van der Waals surface area contributed by atoms with Gasteiger partial charge in [0.05, 0.1) is 37.1 Å². The smallest absolute Gasteiger partial charge is 0.402 e. The molecule has 1 spiro atoms. The number of carbonyl (C=O) groups is 1. The topological polar surface area (TPSA) is 108 Å². The molecule has 4 heterocycles. The van der Waals surface area contributed by atoms with Crippen LogP contribution in [-0.4, -0.2) is 51.8 Å². The number of nitrogen functional groups attached to an aromatic ring is 1. The number of urea groups is 1. The number of hydrogen-bond donors (Lipinski definition) is 2. The van der Waals surface area contributed by atoms with Gasteiger partial charge in [0.25, 0.3) is 0 Å². The highest BCUT2D eigenvalue weighted by Gasteiger charge is 2.47. The van der Waals surface area contributed by atoms with E-state index in [0.29, 0.717) is 43.1 Å². The summed E-state index contributed by atoms with van der Waals surface area (Å²) >= 11 is 0. The van der Waals surface area contributed by atoms with E-state index in [1.54, 1.807) is 27.8 Å². The molecule has 2 aromatic heterocycles. The number of ether oxygens (including phenoxy) is 2. The van der Waals surface area contributed by atoms with E-state index in [1.165, 1.54) is 18.3 Å². The minimum atomic E-state index is -4.91. The molecule has 2 aliphatic heterocycles. The Balaban J connectivity index is 1.34. The molecule has 9 nitrogen and oxygen atoms in total. The van der Waals surface area contributed by atoms with Crippen LogP contribution in [0.2, 0.25) is 0 Å². The minimum absolute atomic E-state index is 0.266. The number of nitrogens with two attached hydrogens (primary N) is 1. The van der Waals surface area contributed by atoms with Gasteiger partial charge >= 0.3 is 12.4 Å². The highest BCUT2D eigenvalue weighted by molar-refractivity contribution is 5.75. The Morgan fingerprint density at radius 2 is 2.00 bits per heavy atom. The van der Waals surface area contributed by atoms with E-state index in [1.807, 2.05) is 6.92 Å². The Labute approximate surface area is 209 Å². The Hall–Kier alpha value is -3.87. The summed E-state index contributed by atoms with van der Waals surface area (Å²) < 4.78 is 63.3. The predicted molar refractivity (Wildman–Crippen MR) is 124 cm³/mol. The van der Waals surface area contributed by atoms with Gasteiger partial charge in [-0.05, 0) is 36.8 Å². The second kappa shape index (κ2) is 9.21. The lowest BCUT2D eigenvalue weighted by Crippen LogP contribution is -2.44. The van der Waals surface area contributed by atoms with E-state index >= 15 is 0 Å². The normalized spacial score (nSPS) is 20.1. The molecule has 2 atom stereocenters. The lowest BCUT2D eigenvalue weighted by Gasteiger charge is -2.34. The largest absolute Gasteiger partial charge is 0.573 e. The molecule has 3 N–H and O–H groups in total. The van der Waals surface area contributed by atoms with Crippen molar-refractivity contribution in [2.45, 2.75) is 37.9 Å². The standard InChI is InChI=1S/C24H24F4N6O3/c1-14(15-2-4-17(25)5-3-15)31-22(35)33-7-6-23(13-33)20-11-18(32-34(20)8-9-36-23)16-10-19(21(29)30-12-16)37-24(26,27)28/h2-5,10-12,14H,6-9,13H2,1H3,(H2,29,30)(H,31,35)/t14-,23?/m1/s1. The average molecular weight is 520 g/mol. The van der Waals surface area contributed by atoms with Gasteiger partial charge in [-0.2, -0.15) is 5.10 Å². The maximum Gasteiger partial charge on any atom is 0.573 e. The third kappa shape index (κ3) is 5.03. The number of pyridine rings is 1. The number of nitrogens with zero attached hydrogens (tertiary/aromatic N) is 4. The Morgan fingerprint density at radius 3 is 2.73 bits per heavy atom. The average Bonchev–Trinajstić information content (AvgIpc) is 3.46. The highest BCUT2D eigenvalue weighted by atomic mass is 19.4. The van der Waals surface area contributed by atoms with Crippen molar-refractivity contribution >= 4 is 11.8 Å². The first-order valence-corrected chi connectivity index (χ1v) is 11.6. The van der Waals surface area contributed by atoms with Crippen molar-refractivity contribution in [1.82, 2.24) is 25.0 Å². The van der Waals surface area contributed by atoms with Crippen molar-refractivity contribution in [1.29, 1.82) is 0 Å². The van der Waals surface area contributed by atoms with Crippen LogP contribution < -0.4 is 15.8 Å². The summed E-state index contributed by atoms with van der Waals surface area (Å²) in [5, 5.41) is 7.47. The van der Waals surface area contributed by atoms with Gasteiger partial charge in [-0.15, -0.1) is 13.2 Å². The van der Waals surface area contributed by atoms with E-state index < -0.39 is 23.5 Å². The molecule has 0 aliphatic carbocycles. The molecule has 0 saturated carbocycles. The van der Waals surface area contributed by atoms with Crippen LogP contribution in [0.1, 0.15) is 30.6 Å². The van der Waals surface area contributed by atoms with Crippen LogP contribution >= 0.6 is 0 Å². The van der Waals surface area contributed by atoms with Crippen LogP contribution in [0.15, 0.2) is 42.6 Å². The van der Waals surface area contributed by atoms with Gasteiger partial charge in [0, 0.05) is 24.7 Å². The predicted octanol–water partition coefficient (Wildman–Crippen LogP) is 3.97. The number of nitrogens with one attached hydrogen (secondary N) is 1. The van der Waals surface area contributed by atoms with Crippen LogP contribution in [-0.2, 0) is 16.9 Å². The van der Waals surface area contributed by atoms with Crippen molar-refractivity contribution in [3.63, 3.8) is 0 Å². The molecule has 1 aromatic carbocycles. The van der Waals surface area contributed by atoms with E-state index in [2.05, 4.69) is 20.1 Å². The van der Waals surface area contributed by atoms with Crippen LogP contribution in [0, 0.1) is 5.82 Å². The number of halogens is 4. The molecule has 1 fully saturated rings. The third-order valence-corrected chi connectivity index (χ3v) is 6.56. The number of carbonyl (C=O) groups excluding carboxylic acids is 1. The molecule has 1 unspecified atom stereocenters. The quantitative estimate of drug-likeness (QED) is 0.505. The molecule has 196 valence electrons. The monoisotopic (exact) mass is 520 g/mol. The molecule has 2 amide bonds. The van der Waals surface area contributed by atoms with Crippen molar-refractivity contribution in [3.05, 3.63) is 59.7 Å². The van der Waals surface area contributed by atoms with Gasteiger partial charge < -0.3 is 25.4 Å². The molecule has 3 aromatic rings. The fourth-order valence-electron chi connectivity index (χ4n) is 4.69. The van der Waals surface area contributed by atoms with Gasteiger partial charge in [-0.25, -0.2) is 14.2 Å². The van der Waals surface area contributed by atoms with Gasteiger partial charge in [0.2, 0.25) is 0 Å². The zero-order valence-electron chi connectivity index (χ0n) is 19.8. The summed E-state index contributed by atoms with van der Waals surface area (Å²) in [7, 11) is 0. The van der Waals surface area contributed by atoms with Gasteiger partial charge in [0.1, 0.15) is 11.4 Å². The van der Waals surface area contributed by atoms with Gasteiger partial charge in [0.15, 0.2) is 11.6 Å². The van der Waals surface area contributed by atoms with E-state index in [0.717, 1.165) is 11.6 Å². The highest BCUT2D eigenvalue weighted by Crippen LogP contribution is 2.40. The van der Waals surface area contributed by atoms with Crippen LogP contribution in [0.3, 0.4) is 0 Å². The van der Waals surface area contributed by atoms with Crippen molar-refractivity contribution < 1.29 is 31.8 Å². The number of rotatable bonds is 4. The summed E-state index contributed by atoms with van der Waals surface area (Å²) in [4.78, 5) is 18.4. The summed E-state index contributed by atoms with van der Waals surface area (Å²) in [6.07, 6.45) is -3.08. The number of likely N-dealkylation sites (tertiary alicyclic amines) is 1. The van der Waals surface area contributed by atoms with Crippen molar-refractivity contribution in [3.8, 4) is 17.0 Å². The minimum Gasteiger partial charge on any atom is -0.402 e. The lowest BCUT2D eigenvalue weighted by atomic mass is 9.96. The fraction of sp³-hybridized carbons (Fsp3) is 0.375. The van der Waals surface area contributed by atoms with Crippen LogP contribution in [0.5, 0.6) is 5.75 Å². The number of amides is 2. The van der Waals surface area contributed by atoms with Gasteiger partial charge in [-0.1, -0.05) is 12.1 Å². The maximum absolute atomic E-state index is 13.2. The molecule has 0 radical (unpaired) electrons. The zero-order valence-corrected chi connectivity index (χ0v) is 19.8. The number of anilines is 1. The molecule has 2 aliphatic rings. The van der Waals surface area contributed by atoms with Gasteiger partial charge in [-0.3, -0.25) is 4.68 Å². The molecular formula is C24H24F4N6O3. The zero-order chi connectivity index (χ0) is 26.4. The second-order valence-electron chi connectivity index (χ2n) is 9.03. The molecule has 37 heavy (non-hydrogen) atoms. The first-order chi connectivity index (χ1) is 17.5. The molecule has 0 bridgehead atoms. The summed E-state index contributed by atoms with van der Waals surface area (Å²) in [6.45, 7) is 3.31. The summed E-state index contributed by atoms with van der Waals surface area (Å²) in [5.41, 5.74) is 6.90. The first-order valence-electron chi connectivity index (χ1n) is 11.6. The number of aromatic nitrogens is 3. The Kier molecular flexibility index (Phi) is 6.18. The van der Waals surface area contributed by atoms with E-state index in [4.69, 9.17) is 10.5 Å². The van der Waals surface area contributed by atoms with Crippen LogP contribution in [0.4, 0.5) is 28.2 Å². The van der Waals surface area contributed by atoms with E-state index in [9.17, 15) is 22.4 Å². The third-order valence-electron chi connectivity index (χ3n) is 6.56. The molecule has 1 saturated heterocycles. The first kappa shape index (κ1) is 24.8. The number of fused-ring (bicyclic) bond motifs is 2. The second-order valence-corrected chi connectivity index (χ2v) is 9.03. The number of hydrogen-bond acceptors (Lipinski definition) is 6.